The molecule has 0 saturated heterocycles. The number of nitriles is 1. The molecule has 1 spiro atoms. The first kappa shape index (κ1) is 18.5. The molecule has 3 N–H and O–H groups in total. The van der Waals surface area contributed by atoms with E-state index in [1.807, 2.05) is 6.07 Å². The van der Waals surface area contributed by atoms with Gasteiger partial charge in [-0.25, -0.2) is 0 Å². The summed E-state index contributed by atoms with van der Waals surface area (Å²) < 4.78 is 0. The fourth-order valence-electron chi connectivity index (χ4n) is 4.85. The normalized spacial score (nSPS) is 22.7. The number of Topliss-reactive ketones (excluding diaryl/α,β-unsaturated/α-hetero) is 1. The molecule has 0 bridgehead atoms. The zero-order chi connectivity index (χ0) is 21.0. The van der Waals surface area contributed by atoms with Crippen molar-refractivity contribution in [3.05, 3.63) is 81.8 Å². The van der Waals surface area contributed by atoms with Crippen molar-refractivity contribution in [1.29, 1.82) is 5.26 Å². The number of nitrogens with one attached hydrogen (secondary N) is 1. The second kappa shape index (κ2) is 6.48. The molecule has 1 amide bonds. The van der Waals surface area contributed by atoms with Crippen molar-refractivity contribution in [3.63, 3.8) is 0 Å². The SMILES string of the molecule is N#CC1=C(N)N(c2ccccc2Cl)C2=C(C(=O)CCC2)[C@@]12C(=O)Nc1ccccc12. The molecule has 0 radical (unpaired) electrons. The summed E-state index contributed by atoms with van der Waals surface area (Å²) in [5.41, 5.74) is 7.75. The van der Waals surface area contributed by atoms with E-state index in [4.69, 9.17) is 17.3 Å². The summed E-state index contributed by atoms with van der Waals surface area (Å²) >= 11 is 6.45. The van der Waals surface area contributed by atoms with Gasteiger partial charge in [-0.1, -0.05) is 41.9 Å². The van der Waals surface area contributed by atoms with E-state index < -0.39 is 11.3 Å². The van der Waals surface area contributed by atoms with Crippen LogP contribution in [-0.2, 0) is 15.0 Å². The van der Waals surface area contributed by atoms with E-state index in [-0.39, 0.29) is 17.2 Å². The molecule has 1 aliphatic carbocycles. The Labute approximate surface area is 178 Å². The van der Waals surface area contributed by atoms with Crippen molar-refractivity contribution in [3.8, 4) is 6.07 Å². The number of carbonyl (C=O) groups is 2. The number of nitrogens with zero attached hydrogens (tertiary/aromatic N) is 2. The molecule has 0 unspecified atom stereocenters. The molecule has 0 aromatic heterocycles. The minimum Gasteiger partial charge on any atom is -0.384 e. The number of nitrogens with two attached hydrogens (primary N) is 1. The molecule has 30 heavy (non-hydrogen) atoms. The van der Waals surface area contributed by atoms with E-state index in [9.17, 15) is 14.9 Å². The number of ketones is 1. The largest absolute Gasteiger partial charge is 0.384 e. The summed E-state index contributed by atoms with van der Waals surface area (Å²) in [6, 6.07) is 16.4. The molecular weight excluding hydrogens is 400 g/mol. The molecule has 148 valence electrons. The molecule has 2 aliphatic heterocycles. The average Bonchev–Trinajstić information content (AvgIpc) is 3.02. The summed E-state index contributed by atoms with van der Waals surface area (Å²) in [5.74, 6) is -0.462. The van der Waals surface area contributed by atoms with Crippen LogP contribution >= 0.6 is 11.6 Å². The summed E-state index contributed by atoms with van der Waals surface area (Å²) in [7, 11) is 0. The van der Waals surface area contributed by atoms with Gasteiger partial charge < -0.3 is 11.1 Å². The predicted molar refractivity (Wildman–Crippen MR) is 113 cm³/mol. The van der Waals surface area contributed by atoms with Crippen molar-refractivity contribution in [2.75, 3.05) is 10.2 Å². The van der Waals surface area contributed by atoms with Crippen molar-refractivity contribution in [1.82, 2.24) is 0 Å². The van der Waals surface area contributed by atoms with E-state index in [1.165, 1.54) is 0 Å². The van der Waals surface area contributed by atoms with Crippen LogP contribution in [0.1, 0.15) is 24.8 Å². The summed E-state index contributed by atoms with van der Waals surface area (Å²) in [5, 5.41) is 13.5. The van der Waals surface area contributed by atoms with Crippen LogP contribution in [0.3, 0.4) is 0 Å². The molecular formula is C23H17ClN4O2. The molecule has 5 rings (SSSR count). The maximum absolute atomic E-state index is 13.5. The van der Waals surface area contributed by atoms with E-state index in [0.717, 1.165) is 0 Å². The molecule has 0 fully saturated rings. The van der Waals surface area contributed by atoms with Gasteiger partial charge >= 0.3 is 0 Å². The average molecular weight is 417 g/mol. The summed E-state index contributed by atoms with van der Waals surface area (Å²) in [4.78, 5) is 28.4. The molecule has 6 nitrogen and oxygen atoms in total. The first-order chi connectivity index (χ1) is 14.5. The standard InChI is InChI=1S/C23H17ClN4O2/c24-15-7-2-4-9-17(15)28-18-10-5-11-19(29)20(18)23(14(12-25)21(28)26)13-6-1-3-8-16(13)27-22(23)30/h1-4,6-9H,5,10-11,26H2,(H,27,30)/t23-/m0/s1. The third kappa shape index (κ3) is 2.18. The molecule has 2 aromatic rings. The maximum atomic E-state index is 13.5. The number of hydrogen-bond donors (Lipinski definition) is 2. The van der Waals surface area contributed by atoms with Crippen LogP contribution < -0.4 is 16.0 Å². The van der Waals surface area contributed by atoms with Gasteiger partial charge in [-0.3, -0.25) is 14.5 Å². The number of halogens is 1. The van der Waals surface area contributed by atoms with Crippen LogP contribution in [-0.4, -0.2) is 11.7 Å². The lowest BCUT2D eigenvalue weighted by atomic mass is 9.64. The van der Waals surface area contributed by atoms with Gasteiger partial charge in [0.05, 0.1) is 16.3 Å². The fraction of sp³-hybridized carbons (Fsp3) is 0.174. The Morgan fingerprint density at radius 1 is 1.10 bits per heavy atom. The van der Waals surface area contributed by atoms with Gasteiger partial charge in [0.2, 0.25) is 5.91 Å². The van der Waals surface area contributed by atoms with E-state index in [2.05, 4.69) is 11.4 Å². The Morgan fingerprint density at radius 2 is 1.83 bits per heavy atom. The van der Waals surface area contributed by atoms with Crippen LogP contribution in [0, 0.1) is 11.3 Å². The highest BCUT2D eigenvalue weighted by Crippen LogP contribution is 2.55. The van der Waals surface area contributed by atoms with Gasteiger partial charge in [0.15, 0.2) is 5.78 Å². The Balaban J connectivity index is 1.91. The first-order valence-electron chi connectivity index (χ1n) is 9.64. The number of benzene rings is 2. The summed E-state index contributed by atoms with van der Waals surface area (Å²) in [6.45, 7) is 0. The minimum atomic E-state index is -1.54. The number of fused-ring (bicyclic) bond motifs is 3. The Bertz CT molecular complexity index is 1240. The highest BCUT2D eigenvalue weighted by atomic mass is 35.5. The Kier molecular flexibility index (Phi) is 3.99. The Morgan fingerprint density at radius 3 is 2.60 bits per heavy atom. The van der Waals surface area contributed by atoms with Gasteiger partial charge in [0.25, 0.3) is 0 Å². The third-order valence-electron chi connectivity index (χ3n) is 6.03. The number of allylic oxidation sites excluding steroid dienone is 1. The monoisotopic (exact) mass is 416 g/mol. The second-order valence-electron chi connectivity index (χ2n) is 7.51. The van der Waals surface area contributed by atoms with Gasteiger partial charge in [-0.15, -0.1) is 0 Å². The smallest absolute Gasteiger partial charge is 0.245 e. The van der Waals surface area contributed by atoms with Gasteiger partial charge in [0.1, 0.15) is 17.3 Å². The number of para-hydroxylation sites is 2. The van der Waals surface area contributed by atoms with Crippen molar-refractivity contribution in [2.45, 2.75) is 24.7 Å². The van der Waals surface area contributed by atoms with Crippen LogP contribution in [0.2, 0.25) is 5.02 Å². The molecule has 0 saturated carbocycles. The third-order valence-corrected chi connectivity index (χ3v) is 6.35. The van der Waals surface area contributed by atoms with Gasteiger partial charge in [-0.2, -0.15) is 5.26 Å². The molecule has 7 heteroatoms. The second-order valence-corrected chi connectivity index (χ2v) is 7.91. The summed E-state index contributed by atoms with van der Waals surface area (Å²) in [6.07, 6.45) is 1.49. The number of anilines is 2. The quantitative estimate of drug-likeness (QED) is 0.737. The number of hydrogen-bond acceptors (Lipinski definition) is 5. The van der Waals surface area contributed by atoms with Crippen molar-refractivity contribution >= 4 is 34.7 Å². The van der Waals surface area contributed by atoms with Crippen LogP contribution in [0.4, 0.5) is 11.4 Å². The lowest BCUT2D eigenvalue weighted by molar-refractivity contribution is -0.122. The highest BCUT2D eigenvalue weighted by molar-refractivity contribution is 6.33. The fourth-order valence-corrected chi connectivity index (χ4v) is 5.07. The number of rotatable bonds is 1. The van der Waals surface area contributed by atoms with Crippen LogP contribution in [0.25, 0.3) is 0 Å². The first-order valence-corrected chi connectivity index (χ1v) is 10.0. The molecule has 2 aromatic carbocycles. The predicted octanol–water partition coefficient (Wildman–Crippen LogP) is 3.75. The topological polar surface area (TPSA) is 99.2 Å². The Hall–Kier alpha value is -3.56. The number of amides is 1. The van der Waals surface area contributed by atoms with Crippen molar-refractivity contribution in [2.24, 2.45) is 5.73 Å². The molecule has 2 heterocycles. The number of carbonyl (C=O) groups excluding carboxylic acids is 2. The lowest BCUT2D eigenvalue weighted by Gasteiger charge is -2.43. The lowest BCUT2D eigenvalue weighted by Crippen LogP contribution is -2.50. The van der Waals surface area contributed by atoms with Gasteiger partial charge in [-0.05, 0) is 31.0 Å². The molecule has 1 atom stereocenters. The van der Waals surface area contributed by atoms with E-state index in [1.54, 1.807) is 47.4 Å². The minimum absolute atomic E-state index is 0.0406. The van der Waals surface area contributed by atoms with Crippen LogP contribution in [0.5, 0.6) is 0 Å². The maximum Gasteiger partial charge on any atom is 0.245 e. The van der Waals surface area contributed by atoms with E-state index in [0.29, 0.717) is 52.5 Å². The van der Waals surface area contributed by atoms with Gasteiger partial charge in [0, 0.05) is 28.9 Å². The molecule has 3 aliphatic rings. The highest BCUT2D eigenvalue weighted by Gasteiger charge is 2.60. The zero-order valence-corrected chi connectivity index (χ0v) is 16.7. The van der Waals surface area contributed by atoms with Crippen LogP contribution in [0.15, 0.2) is 71.2 Å². The van der Waals surface area contributed by atoms with E-state index >= 15 is 0 Å². The van der Waals surface area contributed by atoms with Crippen molar-refractivity contribution < 1.29 is 9.59 Å². The zero-order valence-electron chi connectivity index (χ0n) is 15.9.